The molecule has 0 fully saturated rings. The van der Waals surface area contributed by atoms with Gasteiger partial charge in [0.05, 0.1) is 0 Å². The van der Waals surface area contributed by atoms with Crippen molar-refractivity contribution in [2.45, 2.75) is 27.7 Å². The van der Waals surface area contributed by atoms with Gasteiger partial charge in [0, 0.05) is 11.1 Å². The summed E-state index contributed by atoms with van der Waals surface area (Å²) >= 11 is 0. The van der Waals surface area contributed by atoms with Crippen LogP contribution in [0, 0.1) is 18.6 Å². The average molecular weight is 316 g/mol. The van der Waals surface area contributed by atoms with Gasteiger partial charge >= 0.3 is 0 Å². The van der Waals surface area contributed by atoms with Gasteiger partial charge in [0.15, 0.2) is 0 Å². The third-order valence-corrected chi connectivity index (χ3v) is 3.65. The van der Waals surface area contributed by atoms with Crippen LogP contribution in [0.1, 0.15) is 31.9 Å². The number of aryl methyl sites for hydroxylation is 1. The molecule has 0 aliphatic carbocycles. The Morgan fingerprint density at radius 2 is 1.61 bits per heavy atom. The summed E-state index contributed by atoms with van der Waals surface area (Å²) in [5.41, 5.74) is 2.93. The van der Waals surface area contributed by atoms with Crippen molar-refractivity contribution in [1.82, 2.24) is 0 Å². The van der Waals surface area contributed by atoms with Crippen molar-refractivity contribution in [2.24, 2.45) is 0 Å². The summed E-state index contributed by atoms with van der Waals surface area (Å²) in [6, 6.07) is 9.29. The zero-order valence-corrected chi connectivity index (χ0v) is 13.7. The lowest BCUT2D eigenvalue weighted by atomic mass is 9.99. The molecule has 0 bridgehead atoms. The van der Waals surface area contributed by atoms with E-state index in [9.17, 15) is 13.2 Å². The van der Waals surface area contributed by atoms with E-state index in [1.54, 1.807) is 52.0 Å². The average Bonchev–Trinajstić information content (AvgIpc) is 2.46. The van der Waals surface area contributed by atoms with Gasteiger partial charge in [-0.25, -0.2) is 13.2 Å². The van der Waals surface area contributed by atoms with E-state index in [0.717, 1.165) is 5.56 Å². The Kier molecular flexibility index (Phi) is 5.09. The molecule has 0 unspecified atom stereocenters. The Morgan fingerprint density at radius 3 is 2.17 bits per heavy atom. The SMILES string of the molecule is CC(C)=C(F)/C=C(\C)c1ccc(-c2ccc(C)cc2F)cc1F. The number of rotatable bonds is 3. The number of benzene rings is 2. The summed E-state index contributed by atoms with van der Waals surface area (Å²) < 4.78 is 42.0. The zero-order chi connectivity index (χ0) is 17.1. The topological polar surface area (TPSA) is 0 Å². The molecule has 0 amide bonds. The summed E-state index contributed by atoms with van der Waals surface area (Å²) in [5.74, 6) is -1.27. The van der Waals surface area contributed by atoms with E-state index in [2.05, 4.69) is 0 Å². The highest BCUT2D eigenvalue weighted by Gasteiger charge is 2.10. The Bertz CT molecular complexity index is 795. The van der Waals surface area contributed by atoms with Crippen LogP contribution in [0.2, 0.25) is 0 Å². The zero-order valence-electron chi connectivity index (χ0n) is 13.7. The van der Waals surface area contributed by atoms with Crippen molar-refractivity contribution in [3.05, 3.63) is 76.6 Å². The molecule has 23 heavy (non-hydrogen) atoms. The predicted molar refractivity (Wildman–Crippen MR) is 89.7 cm³/mol. The van der Waals surface area contributed by atoms with Crippen molar-refractivity contribution < 1.29 is 13.2 Å². The van der Waals surface area contributed by atoms with Crippen LogP contribution in [0.3, 0.4) is 0 Å². The lowest BCUT2D eigenvalue weighted by Crippen LogP contribution is -1.91. The van der Waals surface area contributed by atoms with Gasteiger partial charge in [0.25, 0.3) is 0 Å². The van der Waals surface area contributed by atoms with Crippen molar-refractivity contribution in [2.75, 3.05) is 0 Å². The molecular formula is C20H19F3. The molecule has 0 aliphatic heterocycles. The number of hydrogen-bond acceptors (Lipinski definition) is 0. The number of halogens is 3. The third kappa shape index (κ3) is 3.92. The molecular weight excluding hydrogens is 297 g/mol. The summed E-state index contributed by atoms with van der Waals surface area (Å²) in [6.07, 6.45) is 1.31. The van der Waals surface area contributed by atoms with E-state index >= 15 is 0 Å². The first kappa shape index (κ1) is 17.1. The number of allylic oxidation sites excluding steroid dienone is 4. The highest BCUT2D eigenvalue weighted by molar-refractivity contribution is 5.71. The van der Waals surface area contributed by atoms with Crippen LogP contribution >= 0.6 is 0 Å². The van der Waals surface area contributed by atoms with Crippen LogP contribution in [0.25, 0.3) is 16.7 Å². The second-order valence-electron chi connectivity index (χ2n) is 5.85. The predicted octanol–water partition coefficient (Wildman–Crippen LogP) is 6.61. The molecule has 120 valence electrons. The highest BCUT2D eigenvalue weighted by atomic mass is 19.1. The summed E-state index contributed by atoms with van der Waals surface area (Å²) in [5, 5.41) is 0. The molecule has 2 aromatic carbocycles. The largest absolute Gasteiger partial charge is 0.207 e. The second-order valence-corrected chi connectivity index (χ2v) is 5.85. The monoisotopic (exact) mass is 316 g/mol. The first-order valence-electron chi connectivity index (χ1n) is 7.37. The molecule has 0 saturated heterocycles. The van der Waals surface area contributed by atoms with Crippen molar-refractivity contribution in [3.8, 4) is 11.1 Å². The molecule has 0 aliphatic rings. The van der Waals surface area contributed by atoms with Gasteiger partial charge in [-0.3, -0.25) is 0 Å². The molecule has 0 N–H and O–H groups in total. The molecule has 0 saturated carbocycles. The molecule has 0 aromatic heterocycles. The Hall–Kier alpha value is -2.29. The van der Waals surface area contributed by atoms with Crippen LogP contribution in [0.5, 0.6) is 0 Å². The minimum atomic E-state index is -0.502. The minimum Gasteiger partial charge on any atom is -0.207 e. The highest BCUT2D eigenvalue weighted by Crippen LogP contribution is 2.28. The van der Waals surface area contributed by atoms with Crippen molar-refractivity contribution >= 4 is 5.57 Å². The van der Waals surface area contributed by atoms with Gasteiger partial charge in [-0.05, 0) is 68.2 Å². The molecule has 0 nitrogen and oxygen atoms in total. The minimum absolute atomic E-state index is 0.303. The summed E-state index contributed by atoms with van der Waals surface area (Å²) in [4.78, 5) is 0. The van der Waals surface area contributed by atoms with E-state index in [4.69, 9.17) is 0 Å². The van der Waals surface area contributed by atoms with Crippen LogP contribution in [0.4, 0.5) is 13.2 Å². The fourth-order valence-corrected chi connectivity index (χ4v) is 2.27. The Morgan fingerprint density at radius 1 is 0.913 bits per heavy atom. The quantitative estimate of drug-likeness (QED) is 0.559. The molecule has 0 spiro atoms. The smallest absolute Gasteiger partial charge is 0.131 e. The van der Waals surface area contributed by atoms with Crippen LogP contribution in [0.15, 0.2) is 53.9 Å². The lowest BCUT2D eigenvalue weighted by Gasteiger charge is -2.09. The Labute approximate surface area is 135 Å². The summed E-state index contributed by atoms with van der Waals surface area (Å²) in [7, 11) is 0. The molecule has 2 rings (SSSR count). The van der Waals surface area contributed by atoms with E-state index in [-0.39, 0.29) is 11.6 Å². The first-order chi connectivity index (χ1) is 10.8. The van der Waals surface area contributed by atoms with Gasteiger partial charge in [-0.1, -0.05) is 24.3 Å². The fraction of sp³-hybridized carbons (Fsp3) is 0.200. The van der Waals surface area contributed by atoms with Crippen LogP contribution in [-0.2, 0) is 0 Å². The standard InChI is InChI=1S/C20H19F3/c1-12(2)18(21)10-14(4)16-8-6-15(11-20(16)23)17-7-5-13(3)9-19(17)22/h5-11H,1-4H3/b14-10+. The normalized spacial score (nSPS) is 11.5. The van der Waals surface area contributed by atoms with E-state index in [0.29, 0.717) is 27.8 Å². The maximum absolute atomic E-state index is 14.3. The first-order valence-corrected chi connectivity index (χ1v) is 7.37. The van der Waals surface area contributed by atoms with Crippen LogP contribution < -0.4 is 0 Å². The van der Waals surface area contributed by atoms with Crippen molar-refractivity contribution in [1.29, 1.82) is 0 Å². The molecule has 0 radical (unpaired) electrons. The maximum atomic E-state index is 14.3. The van der Waals surface area contributed by atoms with Crippen molar-refractivity contribution in [3.63, 3.8) is 0 Å². The van der Waals surface area contributed by atoms with Gasteiger partial charge < -0.3 is 0 Å². The van der Waals surface area contributed by atoms with Gasteiger partial charge in [-0.2, -0.15) is 0 Å². The fourth-order valence-electron chi connectivity index (χ4n) is 2.27. The number of hydrogen-bond donors (Lipinski definition) is 0. The Balaban J connectivity index is 2.44. The maximum Gasteiger partial charge on any atom is 0.131 e. The van der Waals surface area contributed by atoms with Gasteiger partial charge in [0.1, 0.15) is 17.5 Å². The van der Waals surface area contributed by atoms with E-state index in [1.165, 1.54) is 18.2 Å². The van der Waals surface area contributed by atoms with E-state index in [1.807, 2.05) is 0 Å². The second kappa shape index (κ2) is 6.86. The molecule has 2 aromatic rings. The molecule has 3 heteroatoms. The van der Waals surface area contributed by atoms with E-state index < -0.39 is 5.82 Å². The van der Waals surface area contributed by atoms with Gasteiger partial charge in [0.2, 0.25) is 0 Å². The molecule has 0 heterocycles. The third-order valence-electron chi connectivity index (χ3n) is 3.65. The molecule has 0 atom stereocenters. The van der Waals surface area contributed by atoms with Crippen LogP contribution in [-0.4, -0.2) is 0 Å². The lowest BCUT2D eigenvalue weighted by molar-refractivity contribution is 0.621. The summed E-state index contributed by atoms with van der Waals surface area (Å²) in [6.45, 7) is 6.74. The van der Waals surface area contributed by atoms with Gasteiger partial charge in [-0.15, -0.1) is 0 Å².